The van der Waals surface area contributed by atoms with E-state index in [0.29, 0.717) is 22.8 Å². The summed E-state index contributed by atoms with van der Waals surface area (Å²) in [6.45, 7) is 2.02. The van der Waals surface area contributed by atoms with Gasteiger partial charge >= 0.3 is 0 Å². The highest BCUT2D eigenvalue weighted by Crippen LogP contribution is 2.38. The Hall–Kier alpha value is -3.67. The quantitative estimate of drug-likeness (QED) is 0.526. The van der Waals surface area contributed by atoms with E-state index in [-0.39, 0.29) is 5.75 Å². The molecule has 2 heterocycles. The average molecular weight is 375 g/mol. The highest BCUT2D eigenvalue weighted by Gasteiger charge is 2.18. The van der Waals surface area contributed by atoms with Crippen molar-refractivity contribution in [2.24, 2.45) is 0 Å². The summed E-state index contributed by atoms with van der Waals surface area (Å²) in [4.78, 5) is 4.77. The summed E-state index contributed by atoms with van der Waals surface area (Å²) in [6.07, 6.45) is 1.95. The largest absolute Gasteiger partial charge is 0.507 e. The molecule has 0 aliphatic rings. The van der Waals surface area contributed by atoms with Gasteiger partial charge in [-0.25, -0.2) is 4.98 Å². The van der Waals surface area contributed by atoms with Crippen LogP contribution in [0.4, 0.5) is 11.5 Å². The number of rotatable bonds is 5. The molecule has 4 rings (SSSR count). The number of nitrogens with one attached hydrogen (secondary N) is 1. The fourth-order valence-electron chi connectivity index (χ4n) is 3.17. The van der Waals surface area contributed by atoms with Gasteiger partial charge in [0.25, 0.3) is 0 Å². The maximum atomic E-state index is 10.4. The van der Waals surface area contributed by atoms with Gasteiger partial charge in [-0.15, -0.1) is 0 Å². The van der Waals surface area contributed by atoms with Gasteiger partial charge in [0.1, 0.15) is 34.4 Å². The van der Waals surface area contributed by atoms with Crippen molar-refractivity contribution in [3.05, 3.63) is 66.4 Å². The molecule has 0 saturated carbocycles. The number of ether oxygens (including phenoxy) is 2. The lowest BCUT2D eigenvalue weighted by Crippen LogP contribution is -2.00. The molecule has 0 saturated heterocycles. The topological polar surface area (TPSA) is 68.0 Å². The van der Waals surface area contributed by atoms with Crippen LogP contribution < -0.4 is 14.8 Å². The van der Waals surface area contributed by atoms with Gasteiger partial charge in [0.15, 0.2) is 0 Å². The predicted molar refractivity (Wildman–Crippen MR) is 110 cm³/mol. The maximum absolute atomic E-state index is 10.4. The lowest BCUT2D eigenvalue weighted by Gasteiger charge is -2.14. The summed E-state index contributed by atoms with van der Waals surface area (Å²) in [6, 6.07) is 16.7. The monoisotopic (exact) mass is 375 g/mol. The van der Waals surface area contributed by atoms with E-state index in [4.69, 9.17) is 14.5 Å². The number of benzene rings is 2. The number of para-hydroxylation sites is 1. The van der Waals surface area contributed by atoms with E-state index in [0.717, 1.165) is 22.7 Å². The molecule has 0 spiro atoms. The Bertz CT molecular complexity index is 1150. The van der Waals surface area contributed by atoms with Crippen molar-refractivity contribution in [2.75, 3.05) is 19.5 Å². The number of phenolic OH excluding ortho intramolecular Hbond substituents is 1. The molecule has 0 aliphatic carbocycles. The number of methoxy groups -OCH3 is 2. The van der Waals surface area contributed by atoms with Crippen molar-refractivity contribution in [2.45, 2.75) is 6.92 Å². The molecule has 6 heteroatoms. The molecule has 6 nitrogen and oxygen atoms in total. The third kappa shape index (κ3) is 3.09. The van der Waals surface area contributed by atoms with Crippen molar-refractivity contribution < 1.29 is 14.6 Å². The van der Waals surface area contributed by atoms with E-state index in [2.05, 4.69) is 5.32 Å². The van der Waals surface area contributed by atoms with Crippen molar-refractivity contribution in [3.8, 4) is 28.5 Å². The first-order valence-electron chi connectivity index (χ1n) is 8.87. The van der Waals surface area contributed by atoms with Crippen LogP contribution in [0.5, 0.6) is 17.2 Å². The summed E-state index contributed by atoms with van der Waals surface area (Å²) in [5, 5.41) is 13.8. The minimum absolute atomic E-state index is 0.170. The lowest BCUT2D eigenvalue weighted by molar-refractivity contribution is 0.405. The lowest BCUT2D eigenvalue weighted by atomic mass is 10.1. The molecule has 4 aromatic rings. The first-order chi connectivity index (χ1) is 13.6. The number of aryl methyl sites for hydroxylation is 1. The number of anilines is 2. The number of nitrogens with zero attached hydrogens (tertiary/aromatic N) is 2. The zero-order valence-electron chi connectivity index (χ0n) is 15.9. The summed E-state index contributed by atoms with van der Waals surface area (Å²) in [5.74, 6) is 2.27. The van der Waals surface area contributed by atoms with Gasteiger partial charge in [-0.05, 0) is 48.9 Å². The van der Waals surface area contributed by atoms with Crippen LogP contribution in [0.15, 0.2) is 60.8 Å². The Morgan fingerprint density at radius 1 is 1.00 bits per heavy atom. The average Bonchev–Trinajstić information content (AvgIpc) is 3.05. The van der Waals surface area contributed by atoms with Crippen molar-refractivity contribution in [1.29, 1.82) is 0 Å². The zero-order valence-corrected chi connectivity index (χ0v) is 15.9. The SMILES string of the molecule is COc1ccc(OC)c(Nc2c(-c3ccccc3O)nc3cc(C)ccn23)c1. The molecule has 2 aromatic carbocycles. The van der Waals surface area contributed by atoms with Crippen molar-refractivity contribution >= 4 is 17.2 Å². The summed E-state index contributed by atoms with van der Waals surface area (Å²) in [7, 11) is 3.24. The van der Waals surface area contributed by atoms with Gasteiger partial charge in [-0.3, -0.25) is 4.40 Å². The van der Waals surface area contributed by atoms with Gasteiger partial charge in [0.05, 0.1) is 19.9 Å². The van der Waals surface area contributed by atoms with E-state index < -0.39 is 0 Å². The van der Waals surface area contributed by atoms with Crippen LogP contribution in [0.1, 0.15) is 5.56 Å². The summed E-state index contributed by atoms with van der Waals surface area (Å²) < 4.78 is 12.8. The molecule has 0 unspecified atom stereocenters. The fraction of sp³-hybridized carbons (Fsp3) is 0.136. The second-order valence-electron chi connectivity index (χ2n) is 6.45. The number of hydrogen-bond acceptors (Lipinski definition) is 5. The number of hydrogen-bond donors (Lipinski definition) is 2. The molecule has 142 valence electrons. The fourth-order valence-corrected chi connectivity index (χ4v) is 3.17. The van der Waals surface area contributed by atoms with Crippen LogP contribution in [0.3, 0.4) is 0 Å². The second kappa shape index (κ2) is 7.15. The van der Waals surface area contributed by atoms with Gasteiger partial charge in [0.2, 0.25) is 0 Å². The molecule has 0 fully saturated rings. The Labute approximate surface area is 163 Å². The summed E-state index contributed by atoms with van der Waals surface area (Å²) in [5.41, 5.74) is 3.91. The summed E-state index contributed by atoms with van der Waals surface area (Å²) >= 11 is 0. The predicted octanol–water partition coefficient (Wildman–Crippen LogP) is 4.78. The number of pyridine rings is 1. The number of aromatic hydroxyl groups is 1. The van der Waals surface area contributed by atoms with E-state index >= 15 is 0 Å². The molecule has 0 aliphatic heterocycles. The highest BCUT2D eigenvalue weighted by atomic mass is 16.5. The molecular formula is C22H21N3O3. The standard InChI is InChI=1S/C22H21N3O3/c1-14-10-11-25-20(12-14)24-21(16-6-4-5-7-18(16)26)22(25)23-17-13-15(27-2)8-9-19(17)28-3/h4-13,23,26H,1-3H3. The number of phenols is 1. The van der Waals surface area contributed by atoms with Crippen LogP contribution >= 0.6 is 0 Å². The third-order valence-corrected chi connectivity index (χ3v) is 4.60. The molecule has 28 heavy (non-hydrogen) atoms. The number of fused-ring (bicyclic) bond motifs is 1. The minimum Gasteiger partial charge on any atom is -0.507 e. The molecular weight excluding hydrogens is 354 g/mol. The molecule has 0 amide bonds. The second-order valence-corrected chi connectivity index (χ2v) is 6.45. The molecule has 0 radical (unpaired) electrons. The van der Waals surface area contributed by atoms with Crippen molar-refractivity contribution in [3.63, 3.8) is 0 Å². The first-order valence-corrected chi connectivity index (χ1v) is 8.87. The number of imidazole rings is 1. The van der Waals surface area contributed by atoms with E-state index in [1.165, 1.54) is 0 Å². The van der Waals surface area contributed by atoms with Crippen LogP contribution in [-0.2, 0) is 0 Å². The van der Waals surface area contributed by atoms with Crippen LogP contribution in [0.2, 0.25) is 0 Å². The molecule has 2 N–H and O–H groups in total. The molecule has 0 bridgehead atoms. The van der Waals surface area contributed by atoms with E-state index in [1.54, 1.807) is 26.4 Å². The first kappa shape index (κ1) is 17.7. The van der Waals surface area contributed by atoms with E-state index in [9.17, 15) is 5.11 Å². The van der Waals surface area contributed by atoms with Crippen LogP contribution in [-0.4, -0.2) is 28.7 Å². The normalized spacial score (nSPS) is 10.8. The van der Waals surface area contributed by atoms with Crippen LogP contribution in [0.25, 0.3) is 16.9 Å². The Kier molecular flexibility index (Phi) is 4.53. The highest BCUT2D eigenvalue weighted by molar-refractivity contribution is 5.83. The van der Waals surface area contributed by atoms with Crippen molar-refractivity contribution in [1.82, 2.24) is 9.38 Å². The Morgan fingerprint density at radius 2 is 1.82 bits per heavy atom. The van der Waals surface area contributed by atoms with Gasteiger partial charge in [-0.2, -0.15) is 0 Å². The molecule has 2 aromatic heterocycles. The van der Waals surface area contributed by atoms with Gasteiger partial charge < -0.3 is 19.9 Å². The van der Waals surface area contributed by atoms with E-state index in [1.807, 2.05) is 60.0 Å². The smallest absolute Gasteiger partial charge is 0.143 e. The maximum Gasteiger partial charge on any atom is 0.143 e. The van der Waals surface area contributed by atoms with Gasteiger partial charge in [0, 0.05) is 17.8 Å². The third-order valence-electron chi connectivity index (χ3n) is 4.60. The Morgan fingerprint density at radius 3 is 2.57 bits per heavy atom. The number of aromatic nitrogens is 2. The zero-order chi connectivity index (χ0) is 19.7. The Balaban J connectivity index is 1.93. The van der Waals surface area contributed by atoms with Crippen LogP contribution in [0, 0.1) is 6.92 Å². The molecule has 0 atom stereocenters. The van der Waals surface area contributed by atoms with Gasteiger partial charge in [-0.1, -0.05) is 12.1 Å². The minimum atomic E-state index is 0.170.